The van der Waals surface area contributed by atoms with E-state index in [-0.39, 0.29) is 24.8 Å². The van der Waals surface area contributed by atoms with Crippen molar-refractivity contribution in [1.82, 2.24) is 4.98 Å². The Morgan fingerprint density at radius 2 is 2.15 bits per heavy atom. The van der Waals surface area contributed by atoms with Crippen LogP contribution in [0.1, 0.15) is 12.6 Å². The van der Waals surface area contributed by atoms with Crippen molar-refractivity contribution in [3.63, 3.8) is 0 Å². The first-order valence-electron chi connectivity index (χ1n) is 3.65. The molecule has 2 nitrogen and oxygen atoms in total. The molecule has 5 heteroatoms. The Kier molecular flexibility index (Phi) is 10.3. The van der Waals surface area contributed by atoms with Crippen LogP contribution in [0.3, 0.4) is 0 Å². The van der Waals surface area contributed by atoms with Gasteiger partial charge in [-0.15, -0.1) is 36.6 Å². The summed E-state index contributed by atoms with van der Waals surface area (Å²) < 4.78 is 0. The monoisotopic (exact) mass is 240 g/mol. The molecule has 0 atom stereocenters. The highest BCUT2D eigenvalue weighted by molar-refractivity contribution is 7.99. The molecule has 0 saturated carbocycles. The molecule has 1 rings (SSSR count). The van der Waals surface area contributed by atoms with Crippen LogP contribution in [-0.4, -0.2) is 10.7 Å². The molecule has 0 amide bonds. The minimum absolute atomic E-state index is 0. The second-order valence-electron chi connectivity index (χ2n) is 2.09. The summed E-state index contributed by atoms with van der Waals surface area (Å²) >= 11 is 1.78. The number of pyridine rings is 1. The molecule has 0 fully saturated rings. The number of hydrogen-bond donors (Lipinski definition) is 1. The number of aromatic nitrogens is 1. The van der Waals surface area contributed by atoms with Crippen molar-refractivity contribution in [2.24, 2.45) is 5.73 Å². The summed E-state index contributed by atoms with van der Waals surface area (Å²) in [6.07, 6.45) is 1.78. The molecule has 0 unspecified atom stereocenters. The van der Waals surface area contributed by atoms with Gasteiger partial charge in [0.2, 0.25) is 0 Å². The number of halogens is 2. The normalized spacial score (nSPS) is 8.46. The maximum absolute atomic E-state index is 5.51. The third kappa shape index (κ3) is 4.72. The Hall–Kier alpha value is 0.0400. The Morgan fingerprint density at radius 1 is 1.46 bits per heavy atom. The maximum atomic E-state index is 5.51. The third-order valence-corrected chi connectivity index (χ3v) is 2.31. The smallest absolute Gasteiger partial charge is 0.0674 e. The molecule has 0 aliphatic carbocycles. The van der Waals surface area contributed by atoms with Crippen LogP contribution in [0.15, 0.2) is 23.2 Å². The van der Waals surface area contributed by atoms with Gasteiger partial charge >= 0.3 is 0 Å². The van der Waals surface area contributed by atoms with Crippen LogP contribution in [0.25, 0.3) is 0 Å². The third-order valence-electron chi connectivity index (χ3n) is 1.34. The van der Waals surface area contributed by atoms with Gasteiger partial charge in [-0.25, -0.2) is 0 Å². The summed E-state index contributed by atoms with van der Waals surface area (Å²) in [5, 5.41) is 0. The maximum Gasteiger partial charge on any atom is 0.0674 e. The first-order valence-corrected chi connectivity index (χ1v) is 4.63. The summed E-state index contributed by atoms with van der Waals surface area (Å²) in [5.74, 6) is 1.07. The largest absolute Gasteiger partial charge is 0.325 e. The predicted octanol–water partition coefficient (Wildman–Crippen LogP) is 2.50. The van der Waals surface area contributed by atoms with Gasteiger partial charge in [-0.3, -0.25) is 4.98 Å². The molecule has 1 heterocycles. The van der Waals surface area contributed by atoms with Crippen molar-refractivity contribution < 1.29 is 0 Å². The first-order chi connectivity index (χ1) is 5.38. The quantitative estimate of drug-likeness (QED) is 0.826. The highest BCUT2D eigenvalue weighted by Crippen LogP contribution is 2.19. The topological polar surface area (TPSA) is 38.9 Å². The minimum atomic E-state index is 0. The fraction of sp³-hybridized carbons (Fsp3) is 0.375. The molecule has 0 saturated heterocycles. The van der Waals surface area contributed by atoms with Gasteiger partial charge in [0, 0.05) is 17.6 Å². The SMILES string of the molecule is CCSc1cccnc1CN.Cl.Cl. The van der Waals surface area contributed by atoms with E-state index in [9.17, 15) is 0 Å². The number of nitrogens with two attached hydrogens (primary N) is 1. The van der Waals surface area contributed by atoms with Crippen LogP contribution in [0, 0.1) is 0 Å². The second-order valence-corrected chi connectivity index (χ2v) is 3.39. The van der Waals surface area contributed by atoms with Crippen LogP contribution in [0.5, 0.6) is 0 Å². The number of rotatable bonds is 3. The average Bonchev–Trinajstić information content (AvgIpc) is 2.06. The predicted molar refractivity (Wildman–Crippen MR) is 63.0 cm³/mol. The van der Waals surface area contributed by atoms with Gasteiger partial charge in [-0.1, -0.05) is 6.92 Å². The molecular weight excluding hydrogens is 227 g/mol. The second kappa shape index (κ2) is 8.63. The van der Waals surface area contributed by atoms with Crippen molar-refractivity contribution >= 4 is 36.6 Å². The lowest BCUT2D eigenvalue weighted by Gasteiger charge is -2.02. The molecule has 76 valence electrons. The molecule has 1 aromatic heterocycles. The van der Waals surface area contributed by atoms with E-state index in [0.29, 0.717) is 6.54 Å². The van der Waals surface area contributed by atoms with E-state index in [1.165, 1.54) is 4.90 Å². The van der Waals surface area contributed by atoms with E-state index in [0.717, 1.165) is 11.4 Å². The average molecular weight is 241 g/mol. The van der Waals surface area contributed by atoms with E-state index in [1.54, 1.807) is 18.0 Å². The highest BCUT2D eigenvalue weighted by Gasteiger charge is 1.98. The van der Waals surface area contributed by atoms with E-state index in [4.69, 9.17) is 5.73 Å². The summed E-state index contributed by atoms with van der Waals surface area (Å²) in [4.78, 5) is 5.38. The molecule has 0 bridgehead atoms. The van der Waals surface area contributed by atoms with Crippen molar-refractivity contribution in [3.8, 4) is 0 Å². The fourth-order valence-electron chi connectivity index (χ4n) is 0.863. The van der Waals surface area contributed by atoms with Gasteiger partial charge in [-0.2, -0.15) is 0 Å². The van der Waals surface area contributed by atoms with Crippen LogP contribution < -0.4 is 5.73 Å². The standard InChI is InChI=1S/C8H12N2S.2ClH/c1-2-11-8-4-3-5-10-7(8)6-9;;/h3-5H,2,6,9H2,1H3;2*1H. The van der Waals surface area contributed by atoms with E-state index >= 15 is 0 Å². The molecule has 0 spiro atoms. The van der Waals surface area contributed by atoms with Crippen molar-refractivity contribution in [1.29, 1.82) is 0 Å². The lowest BCUT2D eigenvalue weighted by atomic mass is 10.3. The first kappa shape index (κ1) is 15.5. The van der Waals surface area contributed by atoms with Crippen LogP contribution in [0.2, 0.25) is 0 Å². The van der Waals surface area contributed by atoms with E-state index < -0.39 is 0 Å². The molecular formula is C8H14Cl2N2S. The fourth-order valence-corrected chi connectivity index (χ4v) is 1.65. The Morgan fingerprint density at radius 3 is 2.69 bits per heavy atom. The van der Waals surface area contributed by atoms with Gasteiger partial charge in [0.25, 0.3) is 0 Å². The lowest BCUT2D eigenvalue weighted by molar-refractivity contribution is 0.944. The zero-order valence-corrected chi connectivity index (χ0v) is 9.85. The lowest BCUT2D eigenvalue weighted by Crippen LogP contribution is -2.00. The zero-order valence-electron chi connectivity index (χ0n) is 7.40. The van der Waals surface area contributed by atoms with Gasteiger partial charge in [0.1, 0.15) is 0 Å². The van der Waals surface area contributed by atoms with Crippen LogP contribution >= 0.6 is 36.6 Å². The van der Waals surface area contributed by atoms with Gasteiger partial charge in [-0.05, 0) is 17.9 Å². The van der Waals surface area contributed by atoms with Crippen molar-refractivity contribution in [3.05, 3.63) is 24.0 Å². The van der Waals surface area contributed by atoms with Crippen molar-refractivity contribution in [2.45, 2.75) is 18.4 Å². The highest BCUT2D eigenvalue weighted by atomic mass is 35.5. The number of hydrogen-bond acceptors (Lipinski definition) is 3. The van der Waals surface area contributed by atoms with Crippen LogP contribution in [0.4, 0.5) is 0 Å². The molecule has 0 aliphatic heterocycles. The van der Waals surface area contributed by atoms with Crippen LogP contribution in [-0.2, 0) is 6.54 Å². The molecule has 13 heavy (non-hydrogen) atoms. The van der Waals surface area contributed by atoms with Gasteiger partial charge < -0.3 is 5.73 Å². The Labute approximate surface area is 95.5 Å². The molecule has 2 N–H and O–H groups in total. The Bertz CT molecular complexity index is 233. The molecule has 0 radical (unpaired) electrons. The minimum Gasteiger partial charge on any atom is -0.325 e. The molecule has 1 aromatic rings. The van der Waals surface area contributed by atoms with Gasteiger partial charge in [0.15, 0.2) is 0 Å². The van der Waals surface area contributed by atoms with E-state index in [2.05, 4.69) is 18.0 Å². The molecule has 0 aromatic carbocycles. The van der Waals surface area contributed by atoms with Crippen molar-refractivity contribution in [2.75, 3.05) is 5.75 Å². The van der Waals surface area contributed by atoms with E-state index in [1.807, 2.05) is 6.07 Å². The van der Waals surface area contributed by atoms with Gasteiger partial charge in [0.05, 0.1) is 5.69 Å². The summed E-state index contributed by atoms with van der Waals surface area (Å²) in [6, 6.07) is 4.00. The summed E-state index contributed by atoms with van der Waals surface area (Å²) in [7, 11) is 0. The summed E-state index contributed by atoms with van der Waals surface area (Å²) in [5.41, 5.74) is 6.50. The molecule has 0 aliphatic rings. The number of thioether (sulfide) groups is 1. The zero-order chi connectivity index (χ0) is 8.10. The summed E-state index contributed by atoms with van der Waals surface area (Å²) in [6.45, 7) is 2.65. The number of nitrogens with zero attached hydrogens (tertiary/aromatic N) is 1. The Balaban J connectivity index is 0.